The van der Waals surface area contributed by atoms with Crippen LogP contribution in [-0.4, -0.2) is 28.2 Å². The van der Waals surface area contributed by atoms with E-state index in [9.17, 15) is 0 Å². The van der Waals surface area contributed by atoms with Gasteiger partial charge in [0.15, 0.2) is 0 Å². The summed E-state index contributed by atoms with van der Waals surface area (Å²) in [6.07, 6.45) is 0. The molecule has 0 aliphatic rings. The predicted octanol–water partition coefficient (Wildman–Crippen LogP) is 27.9. The lowest BCUT2D eigenvalue weighted by Gasteiger charge is -2.14. The van der Waals surface area contributed by atoms with Crippen LogP contribution in [0.5, 0.6) is 0 Å². The molecule has 22 rings (SSSR count). The second-order valence-electron chi connectivity index (χ2n) is 29.2. The zero-order valence-electron chi connectivity index (χ0n) is 60.9. The summed E-state index contributed by atoms with van der Waals surface area (Å²) in [5, 5.41) is 9.91. The van der Waals surface area contributed by atoms with Gasteiger partial charge in [0.25, 0.3) is 0 Å². The van der Waals surface area contributed by atoms with Crippen LogP contribution in [0.15, 0.2) is 413 Å². The van der Waals surface area contributed by atoms with Gasteiger partial charge < -0.3 is 18.3 Å². The van der Waals surface area contributed by atoms with Crippen molar-refractivity contribution in [2.75, 3.05) is 0 Å². The summed E-state index contributed by atoms with van der Waals surface area (Å²) < 4.78 is 9.48. The molecule has 522 valence electrons. The largest absolute Gasteiger partial charge is 0.309 e. The normalized spacial score (nSPS) is 11.8. The van der Waals surface area contributed by atoms with Crippen LogP contribution in [0.25, 0.3) is 211 Å². The molecule has 0 radical (unpaired) electrons. The predicted molar refractivity (Wildman–Crippen MR) is 468 cm³/mol. The number of hydrogen-bond donors (Lipinski definition) is 0. The minimum atomic E-state index is 0.899. The van der Waals surface area contributed by atoms with E-state index in [1.54, 1.807) is 0 Å². The van der Waals surface area contributed by atoms with E-state index in [0.29, 0.717) is 0 Å². The quantitative estimate of drug-likeness (QED) is 0.115. The fourth-order valence-corrected chi connectivity index (χ4v) is 17.4. The number of rotatable bonds is 13. The second kappa shape index (κ2) is 26.5. The first-order chi connectivity index (χ1) is 55.5. The first-order valence-electron chi connectivity index (χ1n) is 38.3. The molecule has 0 spiro atoms. The molecule has 6 nitrogen and oxygen atoms in total. The summed E-state index contributed by atoms with van der Waals surface area (Å²) in [7, 11) is 0. The van der Waals surface area contributed by atoms with Crippen molar-refractivity contribution in [2.24, 2.45) is 0 Å². The Balaban J connectivity index is 0.618. The van der Waals surface area contributed by atoms with Crippen LogP contribution in [-0.2, 0) is 0 Å². The van der Waals surface area contributed by atoms with E-state index in [0.717, 1.165) is 123 Å². The van der Waals surface area contributed by atoms with Crippen LogP contribution in [0.1, 0.15) is 0 Å². The van der Waals surface area contributed by atoms with E-state index in [2.05, 4.69) is 431 Å². The van der Waals surface area contributed by atoms with Crippen molar-refractivity contribution in [1.82, 2.24) is 28.2 Å². The highest BCUT2D eigenvalue weighted by Gasteiger charge is 2.20. The average Bonchev–Trinajstić information content (AvgIpc) is 1.56. The zero-order valence-corrected chi connectivity index (χ0v) is 60.9. The standard InChI is InChI=1S/C106H68N6/c1-2-20-69(21-3-1)78-62-79(70-38-42-72(43-39-70)81-65-95(74-46-54-83(55-47-74)109-99-30-12-4-22-87(99)88-23-5-13-31-100(88)109)107-96(66-81)75-48-56-84(57-49-75)110-101-32-14-6-24-89(101)90-25-7-15-33-102(90)110)64-80(63-78)71-40-44-73(45-41-71)82-67-97(76-50-58-85(59-51-76)111-103-34-16-8-26-91(103)92-27-9-17-35-104(92)111)108-98(68-82)77-52-60-86(61-53-77)112-105-36-18-10-28-93(105)94-29-11-19-37-106(94)112/h1-68H. The molecule has 6 aromatic heterocycles. The van der Waals surface area contributed by atoms with Crippen LogP contribution >= 0.6 is 0 Å². The van der Waals surface area contributed by atoms with Crippen molar-refractivity contribution in [3.05, 3.63) is 413 Å². The zero-order chi connectivity index (χ0) is 73.7. The molecule has 0 saturated heterocycles. The molecule has 0 unspecified atom stereocenters. The van der Waals surface area contributed by atoms with Crippen LogP contribution in [0.4, 0.5) is 0 Å². The minimum absolute atomic E-state index is 0.899. The highest BCUT2D eigenvalue weighted by molar-refractivity contribution is 6.12. The van der Waals surface area contributed by atoms with E-state index >= 15 is 0 Å². The summed E-state index contributed by atoms with van der Waals surface area (Å²) in [6.45, 7) is 0. The Morgan fingerprint density at radius 3 is 0.491 bits per heavy atom. The third-order valence-electron chi connectivity index (χ3n) is 22.8. The average molecular weight is 1430 g/mol. The summed E-state index contributed by atoms with van der Waals surface area (Å²) in [6, 6.07) is 150. The minimum Gasteiger partial charge on any atom is -0.309 e. The van der Waals surface area contributed by atoms with E-state index in [1.165, 1.54) is 87.2 Å². The molecule has 16 aromatic carbocycles. The molecule has 0 fully saturated rings. The molecule has 0 bridgehead atoms. The lowest BCUT2D eigenvalue weighted by Crippen LogP contribution is -1.96. The SMILES string of the molecule is c1ccc(-c2cc(-c3ccc(-c4cc(-c5ccc(-n6c7ccccc7c7ccccc76)cc5)nc(-c5ccc(-n6c7ccccc7c7ccccc76)cc5)c4)cc3)cc(-c3ccc(-c4cc(-c5ccc(-n6c7ccccc7c7ccccc76)cc5)nc(-c5ccc(-n6c7ccccc7c7ccccc76)cc5)c4)cc3)c2)cc1. The second-order valence-corrected chi connectivity index (χ2v) is 29.2. The molecule has 0 amide bonds. The summed E-state index contributed by atoms with van der Waals surface area (Å²) >= 11 is 0. The van der Waals surface area contributed by atoms with E-state index in [-0.39, 0.29) is 0 Å². The lowest BCUT2D eigenvalue weighted by molar-refractivity contribution is 1.18. The molecule has 22 aromatic rings. The van der Waals surface area contributed by atoms with Gasteiger partial charge in [0.1, 0.15) is 0 Å². The van der Waals surface area contributed by atoms with Gasteiger partial charge in [0, 0.05) is 88.1 Å². The third-order valence-corrected chi connectivity index (χ3v) is 22.8. The van der Waals surface area contributed by atoms with Crippen molar-refractivity contribution < 1.29 is 0 Å². The van der Waals surface area contributed by atoms with Crippen LogP contribution in [0.3, 0.4) is 0 Å². The topological polar surface area (TPSA) is 45.5 Å². The number of benzene rings is 16. The van der Waals surface area contributed by atoms with Gasteiger partial charge in [-0.05, 0) is 195 Å². The fourth-order valence-electron chi connectivity index (χ4n) is 17.4. The molecule has 0 N–H and O–H groups in total. The molecule has 6 heteroatoms. The van der Waals surface area contributed by atoms with Crippen LogP contribution in [0.2, 0.25) is 0 Å². The number of para-hydroxylation sites is 8. The fraction of sp³-hybridized carbons (Fsp3) is 0. The van der Waals surface area contributed by atoms with Crippen molar-refractivity contribution in [3.8, 4) is 123 Å². The Hall–Kier alpha value is -15.0. The lowest BCUT2D eigenvalue weighted by atomic mass is 9.91. The van der Waals surface area contributed by atoms with Gasteiger partial charge in [-0.3, -0.25) is 0 Å². The van der Waals surface area contributed by atoms with Crippen molar-refractivity contribution >= 4 is 87.2 Å². The Morgan fingerprint density at radius 1 is 0.125 bits per heavy atom. The number of hydrogen-bond acceptors (Lipinski definition) is 2. The van der Waals surface area contributed by atoms with Crippen molar-refractivity contribution in [3.63, 3.8) is 0 Å². The van der Waals surface area contributed by atoms with Crippen LogP contribution < -0.4 is 0 Å². The van der Waals surface area contributed by atoms with E-state index in [4.69, 9.17) is 9.97 Å². The summed E-state index contributed by atoms with van der Waals surface area (Å²) in [5.41, 5.74) is 32.8. The monoisotopic (exact) mass is 1420 g/mol. The van der Waals surface area contributed by atoms with Crippen molar-refractivity contribution in [1.29, 1.82) is 0 Å². The number of aromatic nitrogens is 6. The first-order valence-corrected chi connectivity index (χ1v) is 38.3. The summed E-state index contributed by atoms with van der Waals surface area (Å²) in [4.78, 5) is 11.0. The maximum absolute atomic E-state index is 5.51. The number of pyridine rings is 2. The molecule has 6 heterocycles. The molecular weight excluding hydrogens is 1360 g/mol. The molecule has 0 atom stereocenters. The molecule has 0 saturated carbocycles. The number of fused-ring (bicyclic) bond motifs is 12. The van der Waals surface area contributed by atoms with Gasteiger partial charge in [0.2, 0.25) is 0 Å². The van der Waals surface area contributed by atoms with E-state index < -0.39 is 0 Å². The Labute approximate surface area is 647 Å². The highest BCUT2D eigenvalue weighted by Crippen LogP contribution is 2.42. The molecule has 0 aliphatic carbocycles. The Kier molecular flexibility index (Phi) is 15.2. The number of nitrogens with zero attached hydrogens (tertiary/aromatic N) is 6. The summed E-state index contributed by atoms with van der Waals surface area (Å²) in [5.74, 6) is 0. The van der Waals surface area contributed by atoms with Gasteiger partial charge >= 0.3 is 0 Å². The van der Waals surface area contributed by atoms with Gasteiger partial charge in [-0.1, -0.05) is 273 Å². The molecule has 0 aliphatic heterocycles. The highest BCUT2D eigenvalue weighted by atomic mass is 15.0. The van der Waals surface area contributed by atoms with Gasteiger partial charge in [0.05, 0.1) is 66.9 Å². The smallest absolute Gasteiger partial charge is 0.0715 e. The Bertz CT molecular complexity index is 6440. The van der Waals surface area contributed by atoms with E-state index in [1.807, 2.05) is 0 Å². The maximum atomic E-state index is 5.51. The Morgan fingerprint density at radius 2 is 0.286 bits per heavy atom. The van der Waals surface area contributed by atoms with Gasteiger partial charge in [-0.15, -0.1) is 0 Å². The van der Waals surface area contributed by atoms with Gasteiger partial charge in [-0.25, -0.2) is 9.97 Å². The van der Waals surface area contributed by atoms with Gasteiger partial charge in [-0.2, -0.15) is 0 Å². The first kappa shape index (κ1) is 64.2. The van der Waals surface area contributed by atoms with Crippen LogP contribution in [0, 0.1) is 0 Å². The molecular formula is C106H68N6. The molecule has 112 heavy (non-hydrogen) atoms. The third kappa shape index (κ3) is 10.9. The maximum Gasteiger partial charge on any atom is 0.0715 e. The van der Waals surface area contributed by atoms with Crippen molar-refractivity contribution in [2.45, 2.75) is 0 Å².